The number of rotatable bonds is 5. The van der Waals surface area contributed by atoms with Crippen molar-refractivity contribution >= 4 is 28.4 Å². The number of aromatic amines is 1. The second kappa shape index (κ2) is 7.53. The highest BCUT2D eigenvalue weighted by molar-refractivity contribution is 5.90. The van der Waals surface area contributed by atoms with Gasteiger partial charge in [-0.05, 0) is 49.4 Å². The fourth-order valence-corrected chi connectivity index (χ4v) is 5.89. The molecule has 2 bridgehead atoms. The third-order valence-electron chi connectivity index (χ3n) is 7.64. The topological polar surface area (TPSA) is 108 Å². The largest absolute Gasteiger partial charge is 0.369 e. The van der Waals surface area contributed by atoms with Crippen LogP contribution in [-0.4, -0.2) is 67.1 Å². The van der Waals surface area contributed by atoms with E-state index in [9.17, 15) is 4.79 Å². The molecule has 2 fully saturated rings. The monoisotopic (exact) mass is 458 g/mol. The lowest BCUT2D eigenvalue weighted by atomic mass is 9.95. The van der Waals surface area contributed by atoms with E-state index in [4.69, 9.17) is 10.7 Å². The van der Waals surface area contributed by atoms with Crippen LogP contribution in [0, 0.1) is 13.8 Å². The normalized spacial score (nSPS) is 20.4. The molecule has 6 rings (SSSR count). The molecule has 0 aliphatic carbocycles. The first kappa shape index (κ1) is 21.1. The molecule has 2 saturated heterocycles. The Balaban J connectivity index is 1.42. The van der Waals surface area contributed by atoms with Crippen LogP contribution in [0.5, 0.6) is 0 Å². The lowest BCUT2D eigenvalue weighted by Gasteiger charge is -2.34. The van der Waals surface area contributed by atoms with Crippen molar-refractivity contribution in [3.8, 4) is 11.3 Å². The molecule has 4 aromatic rings. The first-order valence-corrected chi connectivity index (χ1v) is 11.9. The number of carbonyl (C=O) groups is 1. The Kier molecular flexibility index (Phi) is 4.67. The fraction of sp³-hybridized carbons (Fsp3) is 0.440. The number of fused-ring (bicyclic) bond motifs is 4. The van der Waals surface area contributed by atoms with Gasteiger partial charge in [0.25, 0.3) is 0 Å². The van der Waals surface area contributed by atoms with Crippen molar-refractivity contribution in [2.45, 2.75) is 52.1 Å². The predicted octanol–water partition coefficient (Wildman–Crippen LogP) is 2.76. The molecule has 0 spiro atoms. The average molecular weight is 459 g/mol. The second-order valence-corrected chi connectivity index (χ2v) is 10.0. The zero-order valence-corrected chi connectivity index (χ0v) is 20.0. The van der Waals surface area contributed by atoms with Crippen molar-refractivity contribution < 1.29 is 4.79 Å². The number of aromatic nitrogens is 5. The number of nitrogens with one attached hydrogen (secondary N) is 1. The van der Waals surface area contributed by atoms with Gasteiger partial charge in [-0.2, -0.15) is 5.10 Å². The molecule has 2 aliphatic rings. The Labute approximate surface area is 198 Å². The predicted molar refractivity (Wildman–Crippen MR) is 132 cm³/mol. The zero-order valence-electron chi connectivity index (χ0n) is 20.0. The SMILES string of the molecule is Cc1c(-c2[nH]c3ccc(N4C[C@H]5C[C@@H]4CN5CC(N)=O)nc3c2C(C)C)cn2ncnc2c1C. The van der Waals surface area contributed by atoms with Gasteiger partial charge in [0.05, 0.1) is 23.3 Å². The van der Waals surface area contributed by atoms with E-state index in [2.05, 4.69) is 70.9 Å². The first-order valence-electron chi connectivity index (χ1n) is 11.9. The molecule has 34 heavy (non-hydrogen) atoms. The van der Waals surface area contributed by atoms with Crippen LogP contribution in [0.4, 0.5) is 5.82 Å². The maximum atomic E-state index is 11.4. The number of aryl methyl sites for hydroxylation is 1. The molecule has 0 radical (unpaired) electrons. The number of pyridine rings is 2. The molecule has 9 heteroatoms. The molecule has 2 aliphatic heterocycles. The number of primary amides is 1. The molecule has 6 heterocycles. The molecule has 0 aromatic carbocycles. The maximum Gasteiger partial charge on any atom is 0.231 e. The minimum Gasteiger partial charge on any atom is -0.369 e. The number of anilines is 1. The molecule has 3 N–H and O–H groups in total. The van der Waals surface area contributed by atoms with E-state index < -0.39 is 0 Å². The van der Waals surface area contributed by atoms with Gasteiger partial charge in [-0.3, -0.25) is 9.69 Å². The van der Waals surface area contributed by atoms with Gasteiger partial charge < -0.3 is 15.6 Å². The lowest BCUT2D eigenvalue weighted by molar-refractivity contribution is -0.119. The third kappa shape index (κ3) is 3.10. The van der Waals surface area contributed by atoms with E-state index in [1.54, 1.807) is 6.33 Å². The summed E-state index contributed by atoms with van der Waals surface area (Å²) in [5, 5.41) is 4.38. The van der Waals surface area contributed by atoms with Crippen LogP contribution in [0.1, 0.15) is 42.9 Å². The summed E-state index contributed by atoms with van der Waals surface area (Å²) in [4.78, 5) is 29.3. The van der Waals surface area contributed by atoms with Gasteiger partial charge in [0.1, 0.15) is 12.1 Å². The van der Waals surface area contributed by atoms with Crippen LogP contribution >= 0.6 is 0 Å². The summed E-state index contributed by atoms with van der Waals surface area (Å²) < 4.78 is 1.85. The molecule has 2 atom stereocenters. The van der Waals surface area contributed by atoms with Crippen LogP contribution in [0.25, 0.3) is 27.9 Å². The van der Waals surface area contributed by atoms with Crippen molar-refractivity contribution in [1.29, 1.82) is 0 Å². The third-order valence-corrected chi connectivity index (χ3v) is 7.64. The smallest absolute Gasteiger partial charge is 0.231 e. The molecule has 0 unspecified atom stereocenters. The quantitative estimate of drug-likeness (QED) is 0.476. The highest BCUT2D eigenvalue weighted by Gasteiger charge is 2.44. The zero-order chi connectivity index (χ0) is 23.7. The Hall–Kier alpha value is -3.46. The first-order chi connectivity index (χ1) is 16.3. The van der Waals surface area contributed by atoms with E-state index in [0.717, 1.165) is 58.8 Å². The fourth-order valence-electron chi connectivity index (χ4n) is 5.89. The molecular weight excluding hydrogens is 428 g/mol. The highest BCUT2D eigenvalue weighted by atomic mass is 16.1. The molecule has 176 valence electrons. The van der Waals surface area contributed by atoms with Gasteiger partial charge >= 0.3 is 0 Å². The van der Waals surface area contributed by atoms with Gasteiger partial charge in [-0.1, -0.05) is 13.8 Å². The molecular formula is C25H30N8O. The van der Waals surface area contributed by atoms with Crippen molar-refractivity contribution in [3.63, 3.8) is 0 Å². The Morgan fingerprint density at radius 3 is 2.74 bits per heavy atom. The van der Waals surface area contributed by atoms with Gasteiger partial charge in [-0.15, -0.1) is 0 Å². The van der Waals surface area contributed by atoms with Gasteiger partial charge in [0.2, 0.25) is 5.91 Å². The van der Waals surface area contributed by atoms with E-state index >= 15 is 0 Å². The lowest BCUT2D eigenvalue weighted by Crippen LogP contribution is -2.49. The van der Waals surface area contributed by atoms with E-state index in [1.807, 2.05) is 4.52 Å². The summed E-state index contributed by atoms with van der Waals surface area (Å²) in [6.45, 7) is 10.8. The average Bonchev–Trinajstić information content (AvgIpc) is 3.56. The van der Waals surface area contributed by atoms with Crippen LogP contribution < -0.4 is 10.6 Å². The summed E-state index contributed by atoms with van der Waals surface area (Å²) in [5.41, 5.74) is 14.2. The number of nitrogens with zero attached hydrogens (tertiary/aromatic N) is 6. The Bertz CT molecular complexity index is 1430. The number of hydrogen-bond donors (Lipinski definition) is 2. The van der Waals surface area contributed by atoms with Crippen LogP contribution in [0.2, 0.25) is 0 Å². The van der Waals surface area contributed by atoms with Crippen molar-refractivity contribution in [2.24, 2.45) is 5.73 Å². The summed E-state index contributed by atoms with van der Waals surface area (Å²) in [7, 11) is 0. The summed E-state index contributed by atoms with van der Waals surface area (Å²) in [6, 6.07) is 5.00. The Morgan fingerprint density at radius 1 is 1.21 bits per heavy atom. The number of piperazine rings is 1. The summed E-state index contributed by atoms with van der Waals surface area (Å²) in [6.07, 6.45) is 4.72. The summed E-state index contributed by atoms with van der Waals surface area (Å²) in [5.74, 6) is 1.04. The number of H-pyrrole nitrogens is 1. The minimum absolute atomic E-state index is 0.255. The van der Waals surface area contributed by atoms with Crippen LogP contribution in [0.15, 0.2) is 24.7 Å². The van der Waals surface area contributed by atoms with Crippen molar-refractivity contribution in [1.82, 2.24) is 29.5 Å². The number of likely N-dealkylation sites (tertiary alicyclic amines) is 1. The van der Waals surface area contributed by atoms with Crippen molar-refractivity contribution in [3.05, 3.63) is 41.3 Å². The van der Waals surface area contributed by atoms with Crippen LogP contribution in [-0.2, 0) is 4.79 Å². The second-order valence-electron chi connectivity index (χ2n) is 10.0. The van der Waals surface area contributed by atoms with E-state index in [-0.39, 0.29) is 5.91 Å². The van der Waals surface area contributed by atoms with Crippen molar-refractivity contribution in [2.75, 3.05) is 24.5 Å². The molecule has 0 saturated carbocycles. The molecule has 4 aromatic heterocycles. The number of amides is 1. The maximum absolute atomic E-state index is 11.4. The molecule has 1 amide bonds. The number of nitrogens with two attached hydrogens (primary N) is 1. The standard InChI is InChI=1S/C25H30N8O/c1-13(2)22-23(18-10-33-25(27-12-28-33)15(4)14(18)3)29-19-5-6-21(30-24(19)22)32-9-16-7-17(32)8-31(16)11-20(26)34/h5-6,10,12-13,16-17,29H,7-9,11H2,1-4H3,(H2,26,34)/t16-,17-/m1/s1. The molecule has 9 nitrogen and oxygen atoms in total. The van der Waals surface area contributed by atoms with Gasteiger partial charge in [0.15, 0.2) is 5.65 Å². The summed E-state index contributed by atoms with van der Waals surface area (Å²) >= 11 is 0. The highest BCUT2D eigenvalue weighted by Crippen LogP contribution is 2.39. The Morgan fingerprint density at radius 2 is 2.03 bits per heavy atom. The van der Waals surface area contributed by atoms with Gasteiger partial charge in [0, 0.05) is 42.5 Å². The van der Waals surface area contributed by atoms with Gasteiger partial charge in [-0.25, -0.2) is 14.5 Å². The van der Waals surface area contributed by atoms with E-state index in [0.29, 0.717) is 24.5 Å². The van der Waals surface area contributed by atoms with E-state index in [1.165, 1.54) is 11.1 Å². The number of hydrogen-bond acceptors (Lipinski definition) is 6. The van der Waals surface area contributed by atoms with Crippen LogP contribution in [0.3, 0.4) is 0 Å². The number of carbonyl (C=O) groups excluding carboxylic acids is 1. The minimum atomic E-state index is -0.255.